The Labute approximate surface area is 72.4 Å². The van der Waals surface area contributed by atoms with E-state index in [1.165, 1.54) is 0 Å². The van der Waals surface area contributed by atoms with Crippen LogP contribution in [-0.2, 0) is 11.3 Å². The van der Waals surface area contributed by atoms with Crippen LogP contribution < -0.4 is 0 Å². The summed E-state index contributed by atoms with van der Waals surface area (Å²) in [5.41, 5.74) is 0. The van der Waals surface area contributed by atoms with E-state index in [0.717, 1.165) is 5.82 Å². The highest BCUT2D eigenvalue weighted by Crippen LogP contribution is 2.00. The monoisotopic (exact) mass is 166 g/mol. The second-order valence-corrected chi connectivity index (χ2v) is 3.22. The summed E-state index contributed by atoms with van der Waals surface area (Å²) in [4.78, 5) is 15.4. The first-order valence-corrected chi connectivity index (χ1v) is 4.11. The lowest BCUT2D eigenvalue weighted by Crippen LogP contribution is -2.15. The third-order valence-corrected chi connectivity index (χ3v) is 1.89. The van der Waals surface area contributed by atoms with E-state index in [9.17, 15) is 4.79 Å². The Morgan fingerprint density at radius 2 is 2.33 bits per heavy atom. The van der Waals surface area contributed by atoms with Crippen molar-refractivity contribution in [3.8, 4) is 0 Å². The van der Waals surface area contributed by atoms with Gasteiger partial charge in [-0.1, -0.05) is 13.8 Å². The summed E-state index contributed by atoms with van der Waals surface area (Å²) >= 11 is 0. The van der Waals surface area contributed by atoms with Crippen LogP contribution in [0.1, 0.15) is 19.7 Å². The van der Waals surface area contributed by atoms with E-state index in [1.54, 1.807) is 6.20 Å². The Balaban J connectivity index is 2.64. The molecule has 0 aliphatic carbocycles. The van der Waals surface area contributed by atoms with E-state index in [4.69, 9.17) is 0 Å². The molecule has 0 radical (unpaired) electrons. The van der Waals surface area contributed by atoms with Crippen LogP contribution in [0.4, 0.5) is 0 Å². The zero-order chi connectivity index (χ0) is 9.14. The van der Waals surface area contributed by atoms with Crippen LogP contribution in [-0.4, -0.2) is 15.3 Å². The van der Waals surface area contributed by atoms with Crippen LogP contribution in [0.15, 0.2) is 12.4 Å². The highest BCUT2D eigenvalue weighted by molar-refractivity contribution is 5.80. The summed E-state index contributed by atoms with van der Waals surface area (Å²) < 4.78 is 1.86. The number of hydrogen-bond donors (Lipinski definition) is 0. The van der Waals surface area contributed by atoms with Gasteiger partial charge in [0, 0.05) is 18.3 Å². The van der Waals surface area contributed by atoms with Gasteiger partial charge < -0.3 is 4.57 Å². The molecule has 12 heavy (non-hydrogen) atoms. The molecule has 1 heterocycles. The number of nitrogens with zero attached hydrogens (tertiary/aromatic N) is 2. The molecule has 0 aliphatic rings. The number of aromatic nitrogens is 2. The van der Waals surface area contributed by atoms with E-state index in [0.29, 0.717) is 6.54 Å². The second kappa shape index (κ2) is 3.52. The zero-order valence-corrected chi connectivity index (χ0v) is 7.74. The molecule has 1 aromatic rings. The fraction of sp³-hybridized carbons (Fsp3) is 0.556. The number of ketones is 1. The zero-order valence-electron chi connectivity index (χ0n) is 7.74. The summed E-state index contributed by atoms with van der Waals surface area (Å²) in [6, 6.07) is 0. The highest BCUT2D eigenvalue weighted by Gasteiger charge is 2.08. The van der Waals surface area contributed by atoms with Crippen molar-refractivity contribution in [3.63, 3.8) is 0 Å². The molecule has 0 unspecified atom stereocenters. The largest absolute Gasteiger partial charge is 0.328 e. The molecule has 0 saturated carbocycles. The summed E-state index contributed by atoms with van der Waals surface area (Å²) in [5, 5.41) is 0. The van der Waals surface area contributed by atoms with Gasteiger partial charge in [-0.15, -0.1) is 0 Å². The third-order valence-electron chi connectivity index (χ3n) is 1.89. The Kier molecular flexibility index (Phi) is 2.63. The number of carbonyl (C=O) groups is 1. The Morgan fingerprint density at radius 3 is 2.75 bits per heavy atom. The minimum atomic E-state index is 0.104. The molecule has 0 amide bonds. The number of rotatable bonds is 3. The molecule has 3 heteroatoms. The van der Waals surface area contributed by atoms with Crippen molar-refractivity contribution >= 4 is 5.78 Å². The summed E-state index contributed by atoms with van der Waals surface area (Å²) in [6.45, 7) is 6.17. The molecule has 0 atom stereocenters. The topological polar surface area (TPSA) is 34.9 Å². The van der Waals surface area contributed by atoms with Crippen molar-refractivity contribution in [2.45, 2.75) is 27.3 Å². The summed E-state index contributed by atoms with van der Waals surface area (Å²) in [6.07, 6.45) is 3.54. The maximum Gasteiger partial charge on any atom is 0.155 e. The van der Waals surface area contributed by atoms with E-state index < -0.39 is 0 Å². The molecular weight excluding hydrogens is 152 g/mol. The molecule has 0 N–H and O–H groups in total. The number of Topliss-reactive ketones (excluding diaryl/α,β-unsaturated/α-hetero) is 1. The summed E-state index contributed by atoms with van der Waals surface area (Å²) in [5.74, 6) is 1.24. The highest BCUT2D eigenvalue weighted by atomic mass is 16.1. The minimum absolute atomic E-state index is 0.104. The Bertz CT molecular complexity index is 276. The average molecular weight is 166 g/mol. The van der Waals surface area contributed by atoms with Gasteiger partial charge in [0.1, 0.15) is 5.82 Å². The van der Waals surface area contributed by atoms with Crippen molar-refractivity contribution < 1.29 is 4.79 Å². The van der Waals surface area contributed by atoms with Gasteiger partial charge in [-0.2, -0.15) is 0 Å². The first-order chi connectivity index (χ1) is 5.61. The smallest absolute Gasteiger partial charge is 0.155 e. The van der Waals surface area contributed by atoms with Gasteiger partial charge in [-0.25, -0.2) is 4.98 Å². The number of hydrogen-bond acceptors (Lipinski definition) is 2. The quantitative estimate of drug-likeness (QED) is 0.680. The Hall–Kier alpha value is -1.12. The van der Waals surface area contributed by atoms with E-state index in [-0.39, 0.29) is 11.7 Å². The predicted molar refractivity (Wildman–Crippen MR) is 46.8 cm³/mol. The van der Waals surface area contributed by atoms with Crippen molar-refractivity contribution in [1.82, 2.24) is 9.55 Å². The van der Waals surface area contributed by atoms with Crippen LogP contribution in [0.25, 0.3) is 0 Å². The molecule has 1 rings (SSSR count). The van der Waals surface area contributed by atoms with E-state index >= 15 is 0 Å². The number of carbonyl (C=O) groups excluding carboxylic acids is 1. The van der Waals surface area contributed by atoms with Crippen molar-refractivity contribution in [3.05, 3.63) is 18.2 Å². The maximum atomic E-state index is 11.3. The molecule has 0 saturated heterocycles. The lowest BCUT2D eigenvalue weighted by molar-refractivity contribution is -0.122. The molecule has 0 bridgehead atoms. The molecule has 1 aromatic heterocycles. The Morgan fingerprint density at radius 1 is 1.67 bits per heavy atom. The number of imidazole rings is 1. The fourth-order valence-corrected chi connectivity index (χ4v) is 0.921. The van der Waals surface area contributed by atoms with Crippen LogP contribution in [0.2, 0.25) is 0 Å². The second-order valence-electron chi connectivity index (χ2n) is 3.22. The molecule has 3 nitrogen and oxygen atoms in total. The fourth-order valence-electron chi connectivity index (χ4n) is 0.921. The normalized spacial score (nSPS) is 10.7. The minimum Gasteiger partial charge on any atom is -0.328 e. The van der Waals surface area contributed by atoms with Gasteiger partial charge in [-0.3, -0.25) is 4.79 Å². The lowest BCUT2D eigenvalue weighted by atomic mass is 10.1. The first-order valence-electron chi connectivity index (χ1n) is 4.11. The van der Waals surface area contributed by atoms with E-state index in [1.807, 2.05) is 31.5 Å². The van der Waals surface area contributed by atoms with Gasteiger partial charge in [0.25, 0.3) is 0 Å². The van der Waals surface area contributed by atoms with Crippen LogP contribution in [0.3, 0.4) is 0 Å². The van der Waals surface area contributed by atoms with Gasteiger partial charge in [0.05, 0.1) is 6.54 Å². The SMILES string of the molecule is Cc1nccn1CC(=O)C(C)C. The molecule has 0 aromatic carbocycles. The molecule has 0 aliphatic heterocycles. The molecule has 0 spiro atoms. The first kappa shape index (κ1) is 8.97. The van der Waals surface area contributed by atoms with Gasteiger partial charge >= 0.3 is 0 Å². The van der Waals surface area contributed by atoms with Gasteiger partial charge in [-0.05, 0) is 6.92 Å². The van der Waals surface area contributed by atoms with Crippen molar-refractivity contribution in [2.24, 2.45) is 5.92 Å². The van der Waals surface area contributed by atoms with Crippen LogP contribution >= 0.6 is 0 Å². The van der Waals surface area contributed by atoms with Gasteiger partial charge in [0.15, 0.2) is 5.78 Å². The molecular formula is C9H14N2O. The van der Waals surface area contributed by atoms with Crippen LogP contribution in [0.5, 0.6) is 0 Å². The number of aryl methyl sites for hydroxylation is 1. The maximum absolute atomic E-state index is 11.3. The van der Waals surface area contributed by atoms with Gasteiger partial charge in [0.2, 0.25) is 0 Å². The standard InChI is InChI=1S/C9H14N2O/c1-7(2)9(12)6-11-5-4-10-8(11)3/h4-5,7H,6H2,1-3H3. The summed E-state index contributed by atoms with van der Waals surface area (Å²) in [7, 11) is 0. The van der Waals surface area contributed by atoms with E-state index in [2.05, 4.69) is 4.98 Å². The molecule has 0 fully saturated rings. The van der Waals surface area contributed by atoms with Crippen molar-refractivity contribution in [1.29, 1.82) is 0 Å². The predicted octanol–water partition coefficient (Wildman–Crippen LogP) is 1.42. The average Bonchev–Trinajstić information content (AvgIpc) is 2.36. The molecule has 66 valence electrons. The third kappa shape index (κ3) is 1.94. The van der Waals surface area contributed by atoms with Crippen molar-refractivity contribution in [2.75, 3.05) is 0 Å². The van der Waals surface area contributed by atoms with Crippen LogP contribution in [0, 0.1) is 12.8 Å². The lowest BCUT2D eigenvalue weighted by Gasteiger charge is -2.05.